The Bertz CT molecular complexity index is 188. The number of hydrogen-bond donors (Lipinski definition) is 2. The molecule has 13 heavy (non-hydrogen) atoms. The summed E-state index contributed by atoms with van der Waals surface area (Å²) in [5.41, 5.74) is 0. The van der Waals surface area contributed by atoms with E-state index >= 15 is 0 Å². The number of aliphatic carboxylic acids is 1. The van der Waals surface area contributed by atoms with Crippen LogP contribution in [0.25, 0.3) is 0 Å². The number of carbonyl (C=O) groups is 1. The maximum Gasteiger partial charge on any atom is 0.303 e. The van der Waals surface area contributed by atoms with Crippen LogP contribution >= 0.6 is 0 Å². The molecule has 0 aromatic rings. The molecule has 0 amide bonds. The van der Waals surface area contributed by atoms with Crippen LogP contribution in [0.1, 0.15) is 38.5 Å². The molecule has 0 aliphatic rings. The van der Waals surface area contributed by atoms with Crippen molar-refractivity contribution in [2.75, 3.05) is 6.61 Å². The quantitative estimate of drug-likeness (QED) is 0.484. The first-order valence-corrected chi connectivity index (χ1v) is 4.55. The third kappa shape index (κ3) is 11.0. The highest BCUT2D eigenvalue weighted by molar-refractivity contribution is 5.66. The van der Waals surface area contributed by atoms with E-state index in [0.717, 1.165) is 25.7 Å². The molecule has 0 atom stereocenters. The number of carboxylic acids is 1. The van der Waals surface area contributed by atoms with Crippen LogP contribution in [0.2, 0.25) is 0 Å². The molecule has 0 aromatic heterocycles. The van der Waals surface area contributed by atoms with E-state index in [1.165, 1.54) is 0 Å². The van der Waals surface area contributed by atoms with E-state index in [0.29, 0.717) is 6.42 Å². The lowest BCUT2D eigenvalue weighted by molar-refractivity contribution is -0.137. The molecule has 0 saturated heterocycles. The summed E-state index contributed by atoms with van der Waals surface area (Å²) >= 11 is 0. The predicted octanol–water partition coefficient (Wildman–Crippen LogP) is 1.41. The second-order valence-corrected chi connectivity index (χ2v) is 2.78. The fourth-order valence-corrected chi connectivity index (χ4v) is 0.899. The summed E-state index contributed by atoms with van der Waals surface area (Å²) in [5, 5.41) is 16.7. The smallest absolute Gasteiger partial charge is 0.303 e. The Morgan fingerprint density at radius 1 is 1.08 bits per heavy atom. The number of hydrogen-bond acceptors (Lipinski definition) is 2. The Morgan fingerprint density at radius 2 is 1.77 bits per heavy atom. The molecule has 3 nitrogen and oxygen atoms in total. The van der Waals surface area contributed by atoms with Crippen LogP contribution in [-0.4, -0.2) is 22.8 Å². The highest BCUT2D eigenvalue weighted by Crippen LogP contribution is 2.01. The lowest BCUT2D eigenvalue weighted by Gasteiger charge is -1.93. The van der Waals surface area contributed by atoms with Crippen molar-refractivity contribution in [1.29, 1.82) is 0 Å². The van der Waals surface area contributed by atoms with Crippen molar-refractivity contribution in [2.24, 2.45) is 0 Å². The van der Waals surface area contributed by atoms with Crippen molar-refractivity contribution in [2.45, 2.75) is 38.5 Å². The average Bonchev–Trinajstić information content (AvgIpc) is 2.09. The zero-order valence-corrected chi connectivity index (χ0v) is 7.75. The number of unbranched alkanes of at least 4 members (excludes halogenated alkanes) is 3. The van der Waals surface area contributed by atoms with Gasteiger partial charge in [0, 0.05) is 19.3 Å². The van der Waals surface area contributed by atoms with Gasteiger partial charge in [0.2, 0.25) is 0 Å². The van der Waals surface area contributed by atoms with Crippen molar-refractivity contribution in [3.8, 4) is 11.8 Å². The summed E-state index contributed by atoms with van der Waals surface area (Å²) in [6.45, 7) is 0.117. The molecule has 74 valence electrons. The Balaban J connectivity index is 3.09. The molecule has 0 unspecified atom stereocenters. The Kier molecular flexibility index (Phi) is 8.38. The highest BCUT2D eigenvalue weighted by Gasteiger charge is 1.94. The lowest BCUT2D eigenvalue weighted by Crippen LogP contribution is -1.93. The van der Waals surface area contributed by atoms with Crippen molar-refractivity contribution in [3.63, 3.8) is 0 Å². The van der Waals surface area contributed by atoms with Gasteiger partial charge in [0.15, 0.2) is 0 Å². The largest absolute Gasteiger partial charge is 0.481 e. The van der Waals surface area contributed by atoms with Gasteiger partial charge in [-0.3, -0.25) is 4.79 Å². The molecular weight excluding hydrogens is 168 g/mol. The van der Waals surface area contributed by atoms with Gasteiger partial charge in [-0.25, -0.2) is 0 Å². The molecule has 0 radical (unpaired) electrons. The van der Waals surface area contributed by atoms with E-state index < -0.39 is 5.97 Å². The van der Waals surface area contributed by atoms with Crippen LogP contribution in [0, 0.1) is 11.8 Å². The molecule has 0 fully saturated rings. The van der Waals surface area contributed by atoms with E-state index in [1.54, 1.807) is 0 Å². The van der Waals surface area contributed by atoms with Gasteiger partial charge < -0.3 is 10.2 Å². The minimum atomic E-state index is -0.730. The third-order valence-electron chi connectivity index (χ3n) is 1.55. The van der Waals surface area contributed by atoms with Crippen LogP contribution in [0.15, 0.2) is 0 Å². The summed E-state index contributed by atoms with van der Waals surface area (Å²) in [7, 11) is 0. The van der Waals surface area contributed by atoms with Gasteiger partial charge in [0.25, 0.3) is 0 Å². The molecule has 0 aliphatic carbocycles. The molecule has 3 heteroatoms. The summed E-state index contributed by atoms with van der Waals surface area (Å²) in [6.07, 6.45) is 4.20. The zero-order valence-electron chi connectivity index (χ0n) is 7.75. The molecule has 2 N–H and O–H groups in total. The van der Waals surface area contributed by atoms with Crippen LogP contribution < -0.4 is 0 Å². The number of rotatable bonds is 6. The first-order chi connectivity index (χ1) is 6.27. The number of aliphatic hydroxyl groups is 1. The monoisotopic (exact) mass is 184 g/mol. The maximum atomic E-state index is 10.1. The van der Waals surface area contributed by atoms with Gasteiger partial charge >= 0.3 is 5.97 Å². The molecular formula is C10H16O3. The Hall–Kier alpha value is -1.01. The minimum Gasteiger partial charge on any atom is -0.481 e. The van der Waals surface area contributed by atoms with E-state index in [4.69, 9.17) is 10.2 Å². The summed E-state index contributed by atoms with van der Waals surface area (Å²) < 4.78 is 0. The summed E-state index contributed by atoms with van der Waals surface area (Å²) in [5.74, 6) is 5.01. The molecule has 0 aromatic carbocycles. The fourth-order valence-electron chi connectivity index (χ4n) is 0.899. The fraction of sp³-hybridized carbons (Fsp3) is 0.700. The van der Waals surface area contributed by atoms with Crippen molar-refractivity contribution >= 4 is 5.97 Å². The number of carboxylic acid groups (broad SMARTS) is 1. The van der Waals surface area contributed by atoms with Crippen LogP contribution in [0.3, 0.4) is 0 Å². The third-order valence-corrected chi connectivity index (χ3v) is 1.55. The molecule has 0 spiro atoms. The van der Waals surface area contributed by atoms with Crippen molar-refractivity contribution in [3.05, 3.63) is 0 Å². The summed E-state index contributed by atoms with van der Waals surface area (Å²) in [4.78, 5) is 10.1. The second-order valence-electron chi connectivity index (χ2n) is 2.78. The van der Waals surface area contributed by atoms with Gasteiger partial charge in [-0.15, -0.1) is 11.8 Å². The zero-order chi connectivity index (χ0) is 9.94. The minimum absolute atomic E-state index is 0.117. The lowest BCUT2D eigenvalue weighted by atomic mass is 10.1. The average molecular weight is 184 g/mol. The predicted molar refractivity (Wildman–Crippen MR) is 50.2 cm³/mol. The second kappa shape index (κ2) is 9.08. The van der Waals surface area contributed by atoms with E-state index in [-0.39, 0.29) is 13.0 Å². The van der Waals surface area contributed by atoms with E-state index in [9.17, 15) is 4.79 Å². The standard InChI is InChI=1S/C10H16O3/c11-9-7-5-3-1-2-4-6-8-10(12)13/h11H,1-2,4,6-9H2,(H,12,13). The molecule has 0 heterocycles. The first-order valence-electron chi connectivity index (χ1n) is 4.55. The van der Waals surface area contributed by atoms with Crippen molar-refractivity contribution in [1.82, 2.24) is 0 Å². The SMILES string of the molecule is O=C(O)CCCCCC#CCCO. The molecule has 0 bridgehead atoms. The highest BCUT2D eigenvalue weighted by atomic mass is 16.4. The first kappa shape index (κ1) is 12.0. The Morgan fingerprint density at radius 3 is 2.38 bits per heavy atom. The van der Waals surface area contributed by atoms with Gasteiger partial charge in [0.1, 0.15) is 0 Å². The van der Waals surface area contributed by atoms with Crippen LogP contribution in [0.4, 0.5) is 0 Å². The maximum absolute atomic E-state index is 10.1. The van der Waals surface area contributed by atoms with Crippen LogP contribution in [-0.2, 0) is 4.79 Å². The van der Waals surface area contributed by atoms with E-state index in [2.05, 4.69) is 11.8 Å². The number of aliphatic hydroxyl groups excluding tert-OH is 1. The Labute approximate surface area is 78.8 Å². The summed E-state index contributed by atoms with van der Waals surface area (Å²) in [6, 6.07) is 0. The molecule has 0 aliphatic heterocycles. The topological polar surface area (TPSA) is 57.5 Å². The van der Waals surface area contributed by atoms with Gasteiger partial charge in [-0.2, -0.15) is 0 Å². The normalized spacial score (nSPS) is 9.00. The molecule has 0 saturated carbocycles. The van der Waals surface area contributed by atoms with Crippen molar-refractivity contribution < 1.29 is 15.0 Å². The van der Waals surface area contributed by atoms with Gasteiger partial charge in [0.05, 0.1) is 6.61 Å². The van der Waals surface area contributed by atoms with Gasteiger partial charge in [-0.05, 0) is 12.8 Å². The van der Waals surface area contributed by atoms with Gasteiger partial charge in [-0.1, -0.05) is 6.42 Å². The molecule has 0 rings (SSSR count). The van der Waals surface area contributed by atoms with Crippen LogP contribution in [0.5, 0.6) is 0 Å². The van der Waals surface area contributed by atoms with E-state index in [1.807, 2.05) is 0 Å².